The zero-order valence-corrected chi connectivity index (χ0v) is 12.6. The van der Waals surface area contributed by atoms with E-state index in [2.05, 4.69) is 21.5 Å². The van der Waals surface area contributed by atoms with Crippen molar-refractivity contribution in [3.05, 3.63) is 41.5 Å². The van der Waals surface area contributed by atoms with Crippen LogP contribution in [0.2, 0.25) is 0 Å². The molecule has 0 amide bonds. The van der Waals surface area contributed by atoms with Crippen LogP contribution in [0.25, 0.3) is 11.1 Å². The summed E-state index contributed by atoms with van der Waals surface area (Å²) in [6, 6.07) is 8.64. The van der Waals surface area contributed by atoms with Crippen molar-refractivity contribution in [3.63, 3.8) is 0 Å². The van der Waals surface area contributed by atoms with Crippen molar-refractivity contribution in [1.82, 2.24) is 14.5 Å². The highest BCUT2D eigenvalue weighted by molar-refractivity contribution is 5.74. The van der Waals surface area contributed by atoms with Crippen molar-refractivity contribution in [2.45, 2.75) is 31.7 Å². The molecule has 5 heteroatoms. The minimum Gasteiger partial charge on any atom is -0.423 e. The second-order valence-electron chi connectivity index (χ2n) is 6.33. The zero-order chi connectivity index (χ0) is 14.7. The summed E-state index contributed by atoms with van der Waals surface area (Å²) in [4.78, 5) is 11.7. The van der Waals surface area contributed by atoms with E-state index in [9.17, 15) is 0 Å². The van der Waals surface area contributed by atoms with E-state index < -0.39 is 0 Å². The van der Waals surface area contributed by atoms with Crippen LogP contribution in [0.1, 0.15) is 36.0 Å². The molecule has 1 aromatic carbocycles. The number of anilines is 1. The summed E-state index contributed by atoms with van der Waals surface area (Å²) in [5.74, 6) is 1.96. The first kappa shape index (κ1) is 12.3. The van der Waals surface area contributed by atoms with Gasteiger partial charge in [-0.1, -0.05) is 12.1 Å². The Morgan fingerprint density at radius 2 is 2.05 bits per heavy atom. The summed E-state index contributed by atoms with van der Waals surface area (Å²) in [6.07, 6.45) is 3.58. The van der Waals surface area contributed by atoms with Crippen LogP contribution in [-0.4, -0.2) is 21.1 Å². The maximum absolute atomic E-state index is 5.90. The second kappa shape index (κ2) is 4.35. The van der Waals surface area contributed by atoms with Gasteiger partial charge >= 0.3 is 0 Å². The van der Waals surface area contributed by atoms with E-state index in [1.54, 1.807) is 0 Å². The summed E-state index contributed by atoms with van der Waals surface area (Å²) < 4.78 is 8.22. The van der Waals surface area contributed by atoms with Crippen molar-refractivity contribution in [2.75, 3.05) is 11.4 Å². The average molecular weight is 294 g/mol. The normalized spacial score (nSPS) is 18.0. The number of oxazole rings is 1. The molecule has 0 radical (unpaired) electrons. The van der Waals surface area contributed by atoms with Crippen molar-refractivity contribution in [1.29, 1.82) is 0 Å². The minimum atomic E-state index is 0.688. The molecular formula is C17H18N4O. The number of fused-ring (bicyclic) bond motifs is 2. The topological polar surface area (TPSA) is 47.1 Å². The van der Waals surface area contributed by atoms with Gasteiger partial charge in [0.05, 0.1) is 12.2 Å². The van der Waals surface area contributed by atoms with Crippen molar-refractivity contribution in [3.8, 4) is 0 Å². The summed E-state index contributed by atoms with van der Waals surface area (Å²) in [5, 5.41) is 0. The lowest BCUT2D eigenvalue weighted by atomic mass is 10.1. The molecule has 5 rings (SSSR count). The molecule has 112 valence electrons. The van der Waals surface area contributed by atoms with Gasteiger partial charge in [-0.05, 0) is 25.0 Å². The molecule has 2 aromatic heterocycles. The Bertz CT molecular complexity index is 826. The van der Waals surface area contributed by atoms with Crippen LogP contribution >= 0.6 is 0 Å². The van der Waals surface area contributed by atoms with Gasteiger partial charge in [0.1, 0.15) is 11.3 Å². The Hall–Kier alpha value is -2.30. The fourth-order valence-corrected chi connectivity index (χ4v) is 3.41. The predicted molar refractivity (Wildman–Crippen MR) is 83.9 cm³/mol. The molecule has 0 N–H and O–H groups in total. The van der Waals surface area contributed by atoms with Gasteiger partial charge in [0.2, 0.25) is 0 Å². The number of hydrogen-bond acceptors (Lipinski definition) is 4. The van der Waals surface area contributed by atoms with Gasteiger partial charge in [-0.2, -0.15) is 4.98 Å². The Morgan fingerprint density at radius 1 is 1.18 bits per heavy atom. The third kappa shape index (κ3) is 1.78. The lowest BCUT2D eigenvalue weighted by Crippen LogP contribution is -2.31. The van der Waals surface area contributed by atoms with E-state index in [-0.39, 0.29) is 0 Å². The molecule has 0 spiro atoms. The monoisotopic (exact) mass is 294 g/mol. The molecule has 1 aliphatic heterocycles. The van der Waals surface area contributed by atoms with E-state index in [4.69, 9.17) is 9.40 Å². The number of imidazole rings is 1. The molecule has 3 heterocycles. The molecule has 0 unspecified atom stereocenters. The van der Waals surface area contributed by atoms with Crippen molar-refractivity contribution >= 4 is 17.1 Å². The van der Waals surface area contributed by atoms with Crippen LogP contribution < -0.4 is 4.90 Å². The molecule has 0 atom stereocenters. The number of benzene rings is 1. The summed E-state index contributed by atoms with van der Waals surface area (Å²) >= 11 is 0. The van der Waals surface area contributed by atoms with Crippen LogP contribution in [0.4, 0.5) is 6.01 Å². The van der Waals surface area contributed by atoms with Gasteiger partial charge < -0.3 is 13.9 Å². The van der Waals surface area contributed by atoms with E-state index >= 15 is 0 Å². The first-order valence-electron chi connectivity index (χ1n) is 7.94. The number of aromatic nitrogens is 3. The van der Waals surface area contributed by atoms with Crippen LogP contribution in [0, 0.1) is 0 Å². The Balaban J connectivity index is 1.49. The summed E-state index contributed by atoms with van der Waals surface area (Å²) in [6.45, 7) is 1.73. The Morgan fingerprint density at radius 3 is 2.86 bits per heavy atom. The lowest BCUT2D eigenvalue weighted by molar-refractivity contribution is 0.547. The SMILES string of the molecule is Cn1c(C2CC2)nc2c1CCN(c1nc3ccccc3o1)C2. The molecule has 1 aliphatic carbocycles. The number of hydrogen-bond donors (Lipinski definition) is 0. The first-order valence-corrected chi connectivity index (χ1v) is 7.94. The third-order valence-corrected chi connectivity index (χ3v) is 4.79. The van der Waals surface area contributed by atoms with Gasteiger partial charge in [-0.3, -0.25) is 0 Å². The molecule has 22 heavy (non-hydrogen) atoms. The third-order valence-electron chi connectivity index (χ3n) is 4.79. The van der Waals surface area contributed by atoms with Crippen molar-refractivity contribution < 1.29 is 4.42 Å². The molecule has 2 aliphatic rings. The van der Waals surface area contributed by atoms with Gasteiger partial charge in [0, 0.05) is 31.6 Å². The van der Waals surface area contributed by atoms with E-state index in [1.807, 2.05) is 24.3 Å². The molecular weight excluding hydrogens is 276 g/mol. The van der Waals surface area contributed by atoms with Crippen LogP contribution in [0.15, 0.2) is 28.7 Å². The standard InChI is InChI=1S/C17H18N4O/c1-20-14-8-9-21(10-13(14)18-16(20)11-6-7-11)17-19-12-4-2-3-5-15(12)22-17/h2-5,11H,6-10H2,1H3. The highest BCUT2D eigenvalue weighted by atomic mass is 16.4. The van der Waals surface area contributed by atoms with E-state index in [1.165, 1.54) is 30.1 Å². The molecule has 3 aromatic rings. The maximum atomic E-state index is 5.90. The average Bonchev–Trinajstić information content (AvgIpc) is 3.20. The molecule has 1 saturated carbocycles. The molecule has 5 nitrogen and oxygen atoms in total. The summed E-state index contributed by atoms with van der Waals surface area (Å²) in [7, 11) is 2.16. The first-order chi connectivity index (χ1) is 10.8. The fraction of sp³-hybridized carbons (Fsp3) is 0.412. The van der Waals surface area contributed by atoms with Gasteiger partial charge in [0.25, 0.3) is 6.01 Å². The lowest BCUT2D eigenvalue weighted by Gasteiger charge is -2.25. The second-order valence-corrected chi connectivity index (χ2v) is 6.33. The fourth-order valence-electron chi connectivity index (χ4n) is 3.41. The summed E-state index contributed by atoms with van der Waals surface area (Å²) in [5.41, 5.74) is 4.35. The smallest absolute Gasteiger partial charge is 0.298 e. The van der Waals surface area contributed by atoms with Crippen LogP contribution in [0.5, 0.6) is 0 Å². The molecule has 0 bridgehead atoms. The van der Waals surface area contributed by atoms with Crippen LogP contribution in [0.3, 0.4) is 0 Å². The van der Waals surface area contributed by atoms with Gasteiger partial charge in [-0.15, -0.1) is 0 Å². The minimum absolute atomic E-state index is 0.688. The van der Waals surface area contributed by atoms with Crippen LogP contribution in [-0.2, 0) is 20.0 Å². The quantitative estimate of drug-likeness (QED) is 0.729. The van der Waals surface area contributed by atoms with E-state index in [0.717, 1.165) is 30.6 Å². The Kier molecular flexibility index (Phi) is 2.42. The Labute approximate surface area is 128 Å². The predicted octanol–water partition coefficient (Wildman–Crippen LogP) is 3.00. The highest BCUT2D eigenvalue weighted by Crippen LogP contribution is 2.40. The maximum Gasteiger partial charge on any atom is 0.298 e. The largest absolute Gasteiger partial charge is 0.423 e. The number of rotatable bonds is 2. The molecule has 1 fully saturated rings. The zero-order valence-electron chi connectivity index (χ0n) is 12.6. The number of nitrogens with zero attached hydrogens (tertiary/aromatic N) is 4. The molecule has 0 saturated heterocycles. The number of para-hydroxylation sites is 2. The van der Waals surface area contributed by atoms with E-state index in [0.29, 0.717) is 11.9 Å². The van der Waals surface area contributed by atoms with Gasteiger partial charge in [-0.25, -0.2) is 4.98 Å². The van der Waals surface area contributed by atoms with Crippen molar-refractivity contribution in [2.24, 2.45) is 7.05 Å². The van der Waals surface area contributed by atoms with Gasteiger partial charge in [0.15, 0.2) is 5.58 Å². The highest BCUT2D eigenvalue weighted by Gasteiger charge is 2.32.